The van der Waals surface area contributed by atoms with Gasteiger partial charge in [-0.3, -0.25) is 9.78 Å². The number of likely N-dealkylation sites (tertiary alicyclic amines) is 1. The minimum absolute atomic E-state index is 0.0325. The molecule has 1 saturated heterocycles. The molecule has 1 amide bonds. The summed E-state index contributed by atoms with van der Waals surface area (Å²) >= 11 is 1.56. The Kier molecular flexibility index (Phi) is 6.28. The number of aromatic nitrogens is 2. The molecule has 6 nitrogen and oxygen atoms in total. The summed E-state index contributed by atoms with van der Waals surface area (Å²) in [5.41, 5.74) is 3.99. The van der Waals surface area contributed by atoms with Crippen molar-refractivity contribution >= 4 is 28.1 Å². The summed E-state index contributed by atoms with van der Waals surface area (Å²) < 4.78 is 5.20. The summed E-state index contributed by atoms with van der Waals surface area (Å²) in [4.78, 5) is 24.0. The average molecular weight is 423 g/mol. The van der Waals surface area contributed by atoms with Crippen LogP contribution in [0.25, 0.3) is 0 Å². The molecule has 1 unspecified atom stereocenters. The molecule has 1 aromatic carbocycles. The molecule has 1 aliphatic rings. The number of carbonyl (C=O) groups is 1. The van der Waals surface area contributed by atoms with Gasteiger partial charge in [0.2, 0.25) is 5.91 Å². The topological polar surface area (TPSA) is 67.3 Å². The normalized spacial score (nSPS) is 15.9. The van der Waals surface area contributed by atoms with Gasteiger partial charge in [0.15, 0.2) is 5.13 Å². The van der Waals surface area contributed by atoms with Gasteiger partial charge in [-0.05, 0) is 56.0 Å². The molecule has 1 aliphatic heterocycles. The van der Waals surface area contributed by atoms with Crippen molar-refractivity contribution in [3.63, 3.8) is 0 Å². The Morgan fingerprint density at radius 3 is 2.87 bits per heavy atom. The van der Waals surface area contributed by atoms with Crippen molar-refractivity contribution in [1.29, 1.82) is 0 Å². The number of thiazole rings is 1. The lowest BCUT2D eigenvalue weighted by molar-refractivity contribution is -0.132. The fraction of sp³-hybridized carbons (Fsp3) is 0.348. The third kappa shape index (κ3) is 4.79. The maximum atomic E-state index is 13.0. The maximum Gasteiger partial charge on any atom is 0.223 e. The zero-order chi connectivity index (χ0) is 20.9. The van der Waals surface area contributed by atoms with E-state index in [0.717, 1.165) is 59.3 Å². The number of carbonyl (C=O) groups excluding carboxylic acids is 1. The van der Waals surface area contributed by atoms with Crippen molar-refractivity contribution in [2.24, 2.45) is 0 Å². The van der Waals surface area contributed by atoms with Crippen LogP contribution in [-0.4, -0.2) is 34.4 Å². The molecule has 1 N–H and O–H groups in total. The van der Waals surface area contributed by atoms with Gasteiger partial charge in [0.05, 0.1) is 18.8 Å². The highest BCUT2D eigenvalue weighted by Gasteiger charge is 2.31. The van der Waals surface area contributed by atoms with E-state index in [-0.39, 0.29) is 11.9 Å². The van der Waals surface area contributed by atoms with Crippen LogP contribution in [-0.2, 0) is 11.2 Å². The van der Waals surface area contributed by atoms with Gasteiger partial charge in [0, 0.05) is 35.9 Å². The Balaban J connectivity index is 1.44. The third-order valence-corrected chi connectivity index (χ3v) is 6.05. The van der Waals surface area contributed by atoms with E-state index in [1.54, 1.807) is 24.6 Å². The van der Waals surface area contributed by atoms with Crippen LogP contribution in [0, 0.1) is 6.92 Å². The molecule has 3 aromatic rings. The number of nitrogens with zero attached hydrogens (tertiary/aromatic N) is 3. The molecular formula is C23H26N4O2S. The SMILES string of the molecule is COc1ccc(CCC(=O)N2CCCC2c2cc(Nc3nccs3)cc(C)n2)cc1. The molecule has 4 rings (SSSR count). The van der Waals surface area contributed by atoms with Gasteiger partial charge in [-0.1, -0.05) is 12.1 Å². The van der Waals surface area contributed by atoms with Gasteiger partial charge >= 0.3 is 0 Å². The third-order valence-electron chi connectivity index (χ3n) is 5.36. The molecule has 0 aliphatic carbocycles. The predicted molar refractivity (Wildman–Crippen MR) is 119 cm³/mol. The van der Waals surface area contributed by atoms with Crippen molar-refractivity contribution < 1.29 is 9.53 Å². The van der Waals surface area contributed by atoms with Gasteiger partial charge in [-0.25, -0.2) is 4.98 Å². The van der Waals surface area contributed by atoms with E-state index in [0.29, 0.717) is 6.42 Å². The first-order valence-electron chi connectivity index (χ1n) is 10.2. The Hall–Kier alpha value is -2.93. The van der Waals surface area contributed by atoms with Crippen LogP contribution >= 0.6 is 11.3 Å². The predicted octanol–water partition coefficient (Wildman–Crippen LogP) is 4.90. The second kappa shape index (κ2) is 9.26. The molecule has 2 aromatic heterocycles. The van der Waals surface area contributed by atoms with E-state index < -0.39 is 0 Å². The summed E-state index contributed by atoms with van der Waals surface area (Å²) in [6.45, 7) is 2.78. The Labute approximate surface area is 180 Å². The number of benzene rings is 1. The Morgan fingerprint density at radius 2 is 2.13 bits per heavy atom. The molecule has 0 radical (unpaired) electrons. The second-order valence-corrected chi connectivity index (χ2v) is 8.37. The van der Waals surface area contributed by atoms with Gasteiger partial charge in [-0.15, -0.1) is 11.3 Å². The van der Waals surface area contributed by atoms with Gasteiger partial charge in [-0.2, -0.15) is 0 Å². The minimum atomic E-state index is 0.0325. The average Bonchev–Trinajstić information content (AvgIpc) is 3.44. The summed E-state index contributed by atoms with van der Waals surface area (Å²) in [6, 6.07) is 12.0. The Bertz CT molecular complexity index is 989. The number of anilines is 2. The zero-order valence-corrected chi connectivity index (χ0v) is 18.1. The van der Waals surface area contributed by atoms with Crippen molar-refractivity contribution in [3.05, 3.63) is 64.9 Å². The summed E-state index contributed by atoms with van der Waals surface area (Å²) in [6.07, 6.45) is 4.95. The monoisotopic (exact) mass is 422 g/mol. The number of rotatable bonds is 7. The fourth-order valence-electron chi connectivity index (χ4n) is 3.91. The zero-order valence-electron chi connectivity index (χ0n) is 17.3. The van der Waals surface area contributed by atoms with Crippen LogP contribution in [0.3, 0.4) is 0 Å². The smallest absolute Gasteiger partial charge is 0.223 e. The van der Waals surface area contributed by atoms with E-state index in [4.69, 9.17) is 9.72 Å². The lowest BCUT2D eigenvalue weighted by Crippen LogP contribution is -2.31. The number of nitrogens with one attached hydrogen (secondary N) is 1. The molecule has 0 spiro atoms. The van der Waals surface area contributed by atoms with E-state index in [1.165, 1.54) is 0 Å². The maximum absolute atomic E-state index is 13.0. The largest absolute Gasteiger partial charge is 0.497 e. The molecule has 0 saturated carbocycles. The van der Waals surface area contributed by atoms with Crippen LogP contribution < -0.4 is 10.1 Å². The lowest BCUT2D eigenvalue weighted by atomic mass is 10.1. The van der Waals surface area contributed by atoms with Gasteiger partial charge in [0.1, 0.15) is 5.75 Å². The highest BCUT2D eigenvalue weighted by atomic mass is 32.1. The van der Waals surface area contributed by atoms with E-state index >= 15 is 0 Å². The van der Waals surface area contributed by atoms with Crippen LogP contribution in [0.1, 0.15) is 42.3 Å². The van der Waals surface area contributed by atoms with Gasteiger partial charge in [0.25, 0.3) is 0 Å². The van der Waals surface area contributed by atoms with Crippen LogP contribution in [0.4, 0.5) is 10.8 Å². The number of hydrogen-bond donors (Lipinski definition) is 1. The lowest BCUT2D eigenvalue weighted by Gasteiger charge is -2.25. The molecule has 3 heterocycles. The molecule has 156 valence electrons. The first-order valence-corrected chi connectivity index (χ1v) is 11.1. The number of methoxy groups -OCH3 is 1. The molecule has 1 fully saturated rings. The van der Waals surface area contributed by atoms with Crippen LogP contribution in [0.5, 0.6) is 5.75 Å². The summed E-state index contributed by atoms with van der Waals surface area (Å²) in [7, 11) is 1.66. The number of amides is 1. The molecular weight excluding hydrogens is 396 g/mol. The van der Waals surface area contributed by atoms with Crippen molar-refractivity contribution in [2.75, 3.05) is 19.0 Å². The molecule has 30 heavy (non-hydrogen) atoms. The minimum Gasteiger partial charge on any atom is -0.497 e. The van der Waals surface area contributed by atoms with Crippen LogP contribution in [0.15, 0.2) is 48.0 Å². The quantitative estimate of drug-likeness (QED) is 0.587. The molecule has 0 bridgehead atoms. The highest BCUT2D eigenvalue weighted by molar-refractivity contribution is 7.13. The van der Waals surface area contributed by atoms with Crippen LogP contribution in [0.2, 0.25) is 0 Å². The van der Waals surface area contributed by atoms with E-state index in [9.17, 15) is 4.79 Å². The van der Waals surface area contributed by atoms with Crippen molar-refractivity contribution in [1.82, 2.24) is 14.9 Å². The number of hydrogen-bond acceptors (Lipinski definition) is 6. The van der Waals surface area contributed by atoms with Gasteiger partial charge < -0.3 is 15.0 Å². The second-order valence-electron chi connectivity index (χ2n) is 7.48. The number of pyridine rings is 1. The summed E-state index contributed by atoms with van der Waals surface area (Å²) in [5.74, 6) is 1.02. The van der Waals surface area contributed by atoms with E-state index in [2.05, 4.69) is 10.3 Å². The fourth-order valence-corrected chi connectivity index (χ4v) is 4.45. The number of aryl methyl sites for hydroxylation is 2. The number of ether oxygens (including phenoxy) is 1. The first kappa shape index (κ1) is 20.3. The Morgan fingerprint density at radius 1 is 1.30 bits per heavy atom. The summed E-state index contributed by atoms with van der Waals surface area (Å²) in [5, 5.41) is 6.14. The standard InChI is InChI=1S/C23H26N4O2S/c1-16-14-18(26-23-24-11-13-30-23)15-20(25-16)21-4-3-12-27(21)22(28)10-7-17-5-8-19(29-2)9-6-17/h5-6,8-9,11,13-15,21H,3-4,7,10,12H2,1-2H3,(H,24,25,26). The van der Waals surface area contributed by atoms with Crippen molar-refractivity contribution in [3.8, 4) is 5.75 Å². The highest BCUT2D eigenvalue weighted by Crippen LogP contribution is 2.33. The van der Waals surface area contributed by atoms with E-state index in [1.807, 2.05) is 53.6 Å². The van der Waals surface area contributed by atoms with Crippen molar-refractivity contribution in [2.45, 2.75) is 38.6 Å². The first-order chi connectivity index (χ1) is 14.6. The molecule has 7 heteroatoms. The molecule has 1 atom stereocenters.